The molecule has 0 saturated carbocycles. The van der Waals surface area contributed by atoms with E-state index in [1.165, 1.54) is 12.8 Å². The minimum atomic E-state index is 0.190. The van der Waals surface area contributed by atoms with Crippen LogP contribution < -0.4 is 20.1 Å². The Labute approximate surface area is 176 Å². The minimum Gasteiger partial charge on any atom is -0.508 e. The van der Waals surface area contributed by atoms with E-state index in [1.807, 2.05) is 18.2 Å². The van der Waals surface area contributed by atoms with E-state index in [2.05, 4.69) is 10.6 Å². The van der Waals surface area contributed by atoms with Gasteiger partial charge in [-0.1, -0.05) is 0 Å². The zero-order valence-electron chi connectivity index (χ0n) is 16.7. The third kappa shape index (κ3) is 5.36. The molecule has 1 heterocycles. The lowest BCUT2D eigenvalue weighted by Crippen LogP contribution is -2.33. The first-order chi connectivity index (χ1) is 14.7. The molecule has 4 rings (SSSR count). The van der Waals surface area contributed by atoms with Gasteiger partial charge in [-0.3, -0.25) is 0 Å². The molecule has 1 aliphatic heterocycles. The molecule has 30 heavy (non-hydrogen) atoms. The first-order valence-electron chi connectivity index (χ1n) is 10.2. The predicted molar refractivity (Wildman–Crippen MR) is 117 cm³/mol. The number of phenols is 2. The van der Waals surface area contributed by atoms with Crippen LogP contribution in [0.25, 0.3) is 0 Å². The summed E-state index contributed by atoms with van der Waals surface area (Å²) < 4.78 is 12.0. The first-order valence-corrected chi connectivity index (χ1v) is 10.2. The van der Waals surface area contributed by atoms with Crippen molar-refractivity contribution >= 4 is 5.69 Å². The Balaban J connectivity index is 1.53. The highest BCUT2D eigenvalue weighted by Crippen LogP contribution is 2.36. The second kappa shape index (κ2) is 9.41. The van der Waals surface area contributed by atoms with E-state index in [-0.39, 0.29) is 11.5 Å². The fourth-order valence-electron chi connectivity index (χ4n) is 3.44. The van der Waals surface area contributed by atoms with Crippen LogP contribution in [0.1, 0.15) is 12.8 Å². The number of nitrogens with one attached hydrogen (secondary N) is 2. The van der Waals surface area contributed by atoms with E-state index in [9.17, 15) is 10.2 Å². The fourth-order valence-corrected chi connectivity index (χ4v) is 3.44. The molecule has 6 nitrogen and oxygen atoms in total. The van der Waals surface area contributed by atoms with Crippen LogP contribution in [0.2, 0.25) is 0 Å². The summed E-state index contributed by atoms with van der Waals surface area (Å²) in [4.78, 5) is 0. The molecule has 3 aromatic carbocycles. The minimum absolute atomic E-state index is 0.190. The van der Waals surface area contributed by atoms with Crippen molar-refractivity contribution in [2.24, 2.45) is 5.92 Å². The SMILES string of the molecule is Oc1ccc(Oc2ccc(NCC3CCCNC3)c(Oc3ccc(O)cc3)c2)cc1. The molecule has 1 atom stereocenters. The molecule has 0 aromatic heterocycles. The largest absolute Gasteiger partial charge is 0.508 e. The van der Waals surface area contributed by atoms with Gasteiger partial charge in [0.05, 0.1) is 5.69 Å². The van der Waals surface area contributed by atoms with Crippen LogP contribution in [0.15, 0.2) is 66.7 Å². The summed E-state index contributed by atoms with van der Waals surface area (Å²) in [5, 5.41) is 25.9. The predicted octanol–water partition coefficient (Wildman–Crippen LogP) is 5.09. The number of phenolic OH excluding ortho intramolecular Hbond substituents is 2. The van der Waals surface area contributed by atoms with Crippen LogP contribution in [-0.4, -0.2) is 29.8 Å². The Hall–Kier alpha value is -3.38. The van der Waals surface area contributed by atoms with Crippen LogP contribution in [0.4, 0.5) is 5.69 Å². The van der Waals surface area contributed by atoms with Gasteiger partial charge in [-0.2, -0.15) is 0 Å². The molecule has 0 spiro atoms. The quantitative estimate of drug-likeness (QED) is 0.437. The molecule has 1 fully saturated rings. The van der Waals surface area contributed by atoms with Gasteiger partial charge in [0.15, 0.2) is 5.75 Å². The molecule has 156 valence electrons. The summed E-state index contributed by atoms with van der Waals surface area (Å²) in [6, 6.07) is 18.9. The topological polar surface area (TPSA) is 83.0 Å². The van der Waals surface area contributed by atoms with Crippen LogP contribution in [0.5, 0.6) is 34.5 Å². The lowest BCUT2D eigenvalue weighted by atomic mass is 10.00. The number of hydrogen-bond acceptors (Lipinski definition) is 6. The van der Waals surface area contributed by atoms with E-state index >= 15 is 0 Å². The van der Waals surface area contributed by atoms with Gasteiger partial charge in [-0.15, -0.1) is 0 Å². The molecule has 6 heteroatoms. The number of aromatic hydroxyl groups is 2. The summed E-state index contributed by atoms with van der Waals surface area (Å²) >= 11 is 0. The molecular weight excluding hydrogens is 380 g/mol. The Morgan fingerprint density at radius 2 is 1.47 bits per heavy atom. The maximum atomic E-state index is 9.52. The van der Waals surface area contributed by atoms with Crippen molar-refractivity contribution < 1.29 is 19.7 Å². The summed E-state index contributed by atoms with van der Waals surface area (Å²) in [5.74, 6) is 3.47. The van der Waals surface area contributed by atoms with Crippen LogP contribution in [0, 0.1) is 5.92 Å². The standard InChI is InChI=1S/C24H26N2O4/c27-18-3-7-20(8-4-18)29-22-11-12-23(26-16-17-2-1-13-25-15-17)24(14-22)30-21-9-5-19(28)6-10-21/h3-12,14,17,25-28H,1-2,13,15-16H2. The second-order valence-electron chi connectivity index (χ2n) is 7.44. The molecule has 4 N–H and O–H groups in total. The molecule has 0 aliphatic carbocycles. The van der Waals surface area contributed by atoms with Crippen molar-refractivity contribution in [1.82, 2.24) is 5.32 Å². The molecule has 0 radical (unpaired) electrons. The fraction of sp³-hybridized carbons (Fsp3) is 0.250. The normalized spacial score (nSPS) is 16.1. The Morgan fingerprint density at radius 3 is 2.10 bits per heavy atom. The van der Waals surface area contributed by atoms with Crippen molar-refractivity contribution in [2.75, 3.05) is 25.0 Å². The van der Waals surface area contributed by atoms with E-state index < -0.39 is 0 Å². The molecule has 1 unspecified atom stereocenters. The van der Waals surface area contributed by atoms with E-state index in [4.69, 9.17) is 9.47 Å². The number of benzene rings is 3. The number of piperidine rings is 1. The maximum absolute atomic E-state index is 9.52. The van der Waals surface area contributed by atoms with E-state index in [0.717, 1.165) is 25.3 Å². The first kappa shape index (κ1) is 19.9. The van der Waals surface area contributed by atoms with Crippen LogP contribution >= 0.6 is 0 Å². The van der Waals surface area contributed by atoms with Crippen molar-refractivity contribution in [3.8, 4) is 34.5 Å². The average Bonchev–Trinajstić information content (AvgIpc) is 2.77. The highest BCUT2D eigenvalue weighted by atomic mass is 16.5. The number of hydrogen-bond donors (Lipinski definition) is 4. The summed E-state index contributed by atoms with van der Waals surface area (Å²) in [7, 11) is 0. The maximum Gasteiger partial charge on any atom is 0.154 e. The summed E-state index contributed by atoms with van der Waals surface area (Å²) in [5.41, 5.74) is 0.881. The Bertz CT molecular complexity index is 952. The molecule has 0 bridgehead atoms. The van der Waals surface area contributed by atoms with Gasteiger partial charge in [-0.25, -0.2) is 0 Å². The molecule has 1 saturated heterocycles. The number of rotatable bonds is 7. The van der Waals surface area contributed by atoms with E-state index in [0.29, 0.717) is 28.9 Å². The highest BCUT2D eigenvalue weighted by Gasteiger charge is 2.15. The lowest BCUT2D eigenvalue weighted by molar-refractivity contribution is 0.392. The van der Waals surface area contributed by atoms with Gasteiger partial charge in [0.2, 0.25) is 0 Å². The monoisotopic (exact) mass is 406 g/mol. The smallest absolute Gasteiger partial charge is 0.154 e. The average molecular weight is 406 g/mol. The lowest BCUT2D eigenvalue weighted by Gasteiger charge is -2.24. The van der Waals surface area contributed by atoms with Gasteiger partial charge < -0.3 is 30.3 Å². The zero-order valence-corrected chi connectivity index (χ0v) is 16.7. The van der Waals surface area contributed by atoms with Gasteiger partial charge in [0, 0.05) is 12.6 Å². The van der Waals surface area contributed by atoms with Gasteiger partial charge in [0.25, 0.3) is 0 Å². The van der Waals surface area contributed by atoms with Crippen molar-refractivity contribution in [1.29, 1.82) is 0 Å². The third-order valence-electron chi connectivity index (χ3n) is 5.07. The second-order valence-corrected chi connectivity index (χ2v) is 7.44. The summed E-state index contributed by atoms with van der Waals surface area (Å²) in [6.07, 6.45) is 2.40. The van der Waals surface area contributed by atoms with Gasteiger partial charge >= 0.3 is 0 Å². The third-order valence-corrected chi connectivity index (χ3v) is 5.07. The molecular formula is C24H26N2O4. The van der Waals surface area contributed by atoms with Crippen LogP contribution in [0.3, 0.4) is 0 Å². The van der Waals surface area contributed by atoms with Crippen molar-refractivity contribution in [2.45, 2.75) is 12.8 Å². The molecule has 1 aliphatic rings. The molecule has 3 aromatic rings. The van der Waals surface area contributed by atoms with Crippen molar-refractivity contribution in [3.05, 3.63) is 66.7 Å². The molecule has 0 amide bonds. The number of anilines is 1. The van der Waals surface area contributed by atoms with Gasteiger partial charge in [-0.05, 0) is 92.5 Å². The Morgan fingerprint density at radius 1 is 0.833 bits per heavy atom. The van der Waals surface area contributed by atoms with Crippen molar-refractivity contribution in [3.63, 3.8) is 0 Å². The summed E-state index contributed by atoms with van der Waals surface area (Å²) in [6.45, 7) is 2.97. The number of ether oxygens (including phenoxy) is 2. The zero-order chi connectivity index (χ0) is 20.8. The Kier molecular flexibility index (Phi) is 6.25. The van der Waals surface area contributed by atoms with Crippen LogP contribution in [-0.2, 0) is 0 Å². The van der Waals surface area contributed by atoms with Gasteiger partial charge in [0.1, 0.15) is 28.7 Å². The highest BCUT2D eigenvalue weighted by molar-refractivity contribution is 5.61. The van der Waals surface area contributed by atoms with E-state index in [1.54, 1.807) is 48.5 Å².